The van der Waals surface area contributed by atoms with E-state index >= 15 is 0 Å². The van der Waals surface area contributed by atoms with Crippen molar-refractivity contribution in [3.63, 3.8) is 0 Å². The molecule has 0 saturated carbocycles. The van der Waals surface area contributed by atoms with Gasteiger partial charge in [-0.2, -0.15) is 0 Å². The van der Waals surface area contributed by atoms with Crippen LogP contribution in [0.3, 0.4) is 0 Å². The van der Waals surface area contributed by atoms with Crippen LogP contribution >= 0.6 is 35.0 Å². The number of halogens is 2. The summed E-state index contributed by atoms with van der Waals surface area (Å²) in [7, 11) is 1.64. The van der Waals surface area contributed by atoms with Crippen molar-refractivity contribution in [2.75, 3.05) is 12.9 Å². The number of carbonyl (C=O) groups is 1. The Bertz CT molecular complexity index is 981. The normalized spacial score (nSPS) is 10.9. The third-order valence-electron chi connectivity index (χ3n) is 4.31. The number of hydrogen-bond acceptors (Lipinski definition) is 3. The van der Waals surface area contributed by atoms with Gasteiger partial charge in [-0.3, -0.25) is 4.79 Å². The molecule has 1 heterocycles. The Kier molecular flexibility index (Phi) is 6.20. The van der Waals surface area contributed by atoms with Crippen LogP contribution in [0.4, 0.5) is 0 Å². The van der Waals surface area contributed by atoms with Crippen molar-refractivity contribution in [1.82, 2.24) is 4.57 Å². The molecule has 0 bridgehead atoms. The highest BCUT2D eigenvalue weighted by molar-refractivity contribution is 8.00. The second-order valence-electron chi connectivity index (χ2n) is 6.10. The zero-order valence-electron chi connectivity index (χ0n) is 15.3. The van der Waals surface area contributed by atoms with Crippen molar-refractivity contribution in [3.05, 3.63) is 75.5 Å². The summed E-state index contributed by atoms with van der Waals surface area (Å²) in [6, 6.07) is 15.0. The Hall–Kier alpha value is -1.88. The van der Waals surface area contributed by atoms with Crippen LogP contribution in [-0.4, -0.2) is 23.2 Å². The Morgan fingerprint density at radius 2 is 1.78 bits per heavy atom. The van der Waals surface area contributed by atoms with E-state index in [1.807, 2.05) is 44.2 Å². The number of hydrogen-bond donors (Lipinski definition) is 0. The van der Waals surface area contributed by atoms with Crippen LogP contribution in [0.25, 0.3) is 5.69 Å². The predicted molar refractivity (Wildman–Crippen MR) is 113 cm³/mol. The van der Waals surface area contributed by atoms with E-state index in [0.717, 1.165) is 27.7 Å². The highest BCUT2D eigenvalue weighted by Gasteiger charge is 2.17. The van der Waals surface area contributed by atoms with Crippen molar-refractivity contribution in [2.45, 2.75) is 18.7 Å². The van der Waals surface area contributed by atoms with Crippen LogP contribution in [0.1, 0.15) is 21.7 Å². The SMILES string of the molecule is COc1ccc(-n2c(C)cc(C(=O)CSc3cc(Cl)ccc3Cl)c2C)cc1. The maximum atomic E-state index is 12.8. The third kappa shape index (κ3) is 4.34. The number of thioether (sulfide) groups is 1. The largest absolute Gasteiger partial charge is 0.497 e. The minimum Gasteiger partial charge on any atom is -0.497 e. The van der Waals surface area contributed by atoms with E-state index in [1.54, 1.807) is 25.3 Å². The highest BCUT2D eigenvalue weighted by Crippen LogP contribution is 2.31. The quantitative estimate of drug-likeness (QED) is 0.342. The first-order valence-corrected chi connectivity index (χ1v) is 10.1. The number of ketones is 1. The van der Waals surface area contributed by atoms with Gasteiger partial charge in [0.15, 0.2) is 5.78 Å². The Labute approximate surface area is 173 Å². The second-order valence-corrected chi connectivity index (χ2v) is 7.97. The lowest BCUT2D eigenvalue weighted by Gasteiger charge is -2.11. The van der Waals surface area contributed by atoms with Crippen molar-refractivity contribution < 1.29 is 9.53 Å². The summed E-state index contributed by atoms with van der Waals surface area (Å²) in [6.07, 6.45) is 0. The first kappa shape index (κ1) is 19.9. The fraction of sp³-hybridized carbons (Fsp3) is 0.190. The number of benzene rings is 2. The smallest absolute Gasteiger partial charge is 0.174 e. The number of rotatable bonds is 6. The van der Waals surface area contributed by atoms with Gasteiger partial charge in [0.2, 0.25) is 0 Å². The average molecular weight is 420 g/mol. The fourth-order valence-electron chi connectivity index (χ4n) is 2.98. The van der Waals surface area contributed by atoms with Crippen molar-refractivity contribution in [3.8, 4) is 11.4 Å². The molecule has 0 fully saturated rings. The monoisotopic (exact) mass is 419 g/mol. The first-order valence-electron chi connectivity index (χ1n) is 8.35. The second kappa shape index (κ2) is 8.42. The van der Waals surface area contributed by atoms with Crippen LogP contribution in [0.15, 0.2) is 53.4 Å². The van der Waals surface area contributed by atoms with Gasteiger partial charge in [-0.25, -0.2) is 0 Å². The van der Waals surface area contributed by atoms with Gasteiger partial charge < -0.3 is 9.30 Å². The lowest BCUT2D eigenvalue weighted by Crippen LogP contribution is -2.05. The molecular weight excluding hydrogens is 401 g/mol. The van der Waals surface area contributed by atoms with Gasteiger partial charge in [0.1, 0.15) is 5.75 Å². The lowest BCUT2D eigenvalue weighted by molar-refractivity contribution is 0.102. The standard InChI is InChI=1S/C21H19Cl2NO2S/c1-13-10-18(14(2)24(13)16-5-7-17(26-3)8-6-16)20(25)12-27-21-11-15(22)4-9-19(21)23/h4-11H,12H2,1-3H3. The van der Waals surface area contributed by atoms with E-state index in [4.69, 9.17) is 27.9 Å². The molecule has 3 rings (SSSR count). The third-order valence-corrected chi connectivity index (χ3v) is 6.05. The molecule has 0 saturated heterocycles. The molecule has 2 aromatic carbocycles. The summed E-state index contributed by atoms with van der Waals surface area (Å²) in [5.74, 6) is 1.16. The van der Waals surface area contributed by atoms with Gasteiger partial charge >= 0.3 is 0 Å². The molecule has 0 unspecified atom stereocenters. The number of nitrogens with zero attached hydrogens (tertiary/aromatic N) is 1. The fourth-order valence-corrected chi connectivity index (χ4v) is 4.36. The number of methoxy groups -OCH3 is 1. The van der Waals surface area contributed by atoms with Crippen molar-refractivity contribution >= 4 is 40.7 Å². The minimum atomic E-state index is 0.0592. The summed E-state index contributed by atoms with van der Waals surface area (Å²) >= 11 is 13.6. The summed E-state index contributed by atoms with van der Waals surface area (Å²) in [5.41, 5.74) is 3.64. The molecule has 27 heavy (non-hydrogen) atoms. The lowest BCUT2D eigenvalue weighted by atomic mass is 10.2. The number of aryl methyl sites for hydroxylation is 1. The highest BCUT2D eigenvalue weighted by atomic mass is 35.5. The van der Waals surface area contributed by atoms with Crippen LogP contribution in [-0.2, 0) is 0 Å². The molecule has 0 amide bonds. The number of Topliss-reactive ketones (excluding diaryl/α,β-unsaturated/α-hetero) is 1. The molecule has 3 aromatic rings. The summed E-state index contributed by atoms with van der Waals surface area (Å²) in [5, 5.41) is 1.20. The van der Waals surface area contributed by atoms with Gasteiger partial charge in [0.25, 0.3) is 0 Å². The zero-order chi connectivity index (χ0) is 19.6. The maximum Gasteiger partial charge on any atom is 0.174 e. The van der Waals surface area contributed by atoms with E-state index in [2.05, 4.69) is 4.57 Å². The van der Waals surface area contributed by atoms with Gasteiger partial charge in [-0.1, -0.05) is 23.2 Å². The summed E-state index contributed by atoms with van der Waals surface area (Å²) < 4.78 is 7.29. The van der Waals surface area contributed by atoms with Gasteiger partial charge in [-0.15, -0.1) is 11.8 Å². The Balaban J connectivity index is 1.82. The van der Waals surface area contributed by atoms with Gasteiger partial charge in [-0.05, 0) is 62.4 Å². The Morgan fingerprint density at radius 1 is 1.07 bits per heavy atom. The number of carbonyl (C=O) groups excluding carboxylic acids is 1. The van der Waals surface area contributed by atoms with Crippen LogP contribution < -0.4 is 4.74 Å². The van der Waals surface area contributed by atoms with Crippen LogP contribution in [0.5, 0.6) is 5.75 Å². The number of ether oxygens (including phenoxy) is 1. The van der Waals surface area contributed by atoms with Gasteiger partial charge in [0, 0.05) is 32.6 Å². The maximum absolute atomic E-state index is 12.8. The van der Waals surface area contributed by atoms with E-state index in [1.165, 1.54) is 11.8 Å². The van der Waals surface area contributed by atoms with E-state index < -0.39 is 0 Å². The average Bonchev–Trinajstić information content (AvgIpc) is 2.96. The van der Waals surface area contributed by atoms with E-state index in [9.17, 15) is 4.79 Å². The molecule has 0 radical (unpaired) electrons. The van der Waals surface area contributed by atoms with E-state index in [-0.39, 0.29) is 5.78 Å². The van der Waals surface area contributed by atoms with Crippen molar-refractivity contribution in [1.29, 1.82) is 0 Å². The first-order chi connectivity index (χ1) is 12.9. The molecule has 0 aliphatic carbocycles. The van der Waals surface area contributed by atoms with Crippen LogP contribution in [0.2, 0.25) is 10.0 Å². The zero-order valence-corrected chi connectivity index (χ0v) is 17.6. The molecule has 0 spiro atoms. The molecule has 1 aromatic heterocycles. The molecule has 0 aliphatic rings. The van der Waals surface area contributed by atoms with Crippen LogP contribution in [0, 0.1) is 13.8 Å². The predicted octanol–water partition coefficient (Wildman–Crippen LogP) is 6.38. The molecule has 0 atom stereocenters. The molecule has 0 N–H and O–H groups in total. The summed E-state index contributed by atoms with van der Waals surface area (Å²) in [6.45, 7) is 3.95. The molecular formula is C21H19Cl2NO2S. The number of aromatic nitrogens is 1. The molecule has 140 valence electrons. The Morgan fingerprint density at radius 3 is 2.44 bits per heavy atom. The molecule has 0 aliphatic heterocycles. The summed E-state index contributed by atoms with van der Waals surface area (Å²) in [4.78, 5) is 13.6. The van der Waals surface area contributed by atoms with E-state index in [0.29, 0.717) is 21.4 Å². The van der Waals surface area contributed by atoms with Crippen molar-refractivity contribution in [2.24, 2.45) is 0 Å². The molecule has 3 nitrogen and oxygen atoms in total. The minimum absolute atomic E-state index is 0.0592. The molecule has 6 heteroatoms. The topological polar surface area (TPSA) is 31.2 Å². The van der Waals surface area contributed by atoms with Gasteiger partial charge in [0.05, 0.1) is 17.9 Å².